The van der Waals surface area contributed by atoms with Gasteiger partial charge in [0.15, 0.2) is 11.6 Å². The number of nitrogen functional groups attached to an aromatic ring is 1. The molecule has 1 aromatic carbocycles. The molecule has 94 valence electrons. The van der Waals surface area contributed by atoms with Crippen LogP contribution >= 0.6 is 11.6 Å². The Morgan fingerprint density at radius 2 is 2.17 bits per heavy atom. The molecule has 0 saturated heterocycles. The highest BCUT2D eigenvalue weighted by molar-refractivity contribution is 6.30. The van der Waals surface area contributed by atoms with Crippen molar-refractivity contribution >= 4 is 17.4 Å². The maximum absolute atomic E-state index is 14.0. The molecule has 0 aliphatic carbocycles. The summed E-state index contributed by atoms with van der Waals surface area (Å²) in [6.45, 7) is 0. The highest BCUT2D eigenvalue weighted by atomic mass is 35.5. The molecular formula is C13H12ClFN2O. The molecule has 2 aromatic rings. The molecule has 18 heavy (non-hydrogen) atoms. The summed E-state index contributed by atoms with van der Waals surface area (Å²) in [6.07, 6.45) is 1.78. The smallest absolute Gasteiger partial charge is 0.168 e. The predicted molar refractivity (Wildman–Crippen MR) is 69.4 cm³/mol. The number of ether oxygens (including phenoxy) is 1. The molecule has 5 heteroatoms. The summed E-state index contributed by atoms with van der Waals surface area (Å²) in [7, 11) is 1.43. The van der Waals surface area contributed by atoms with Crippen molar-refractivity contribution in [1.29, 1.82) is 0 Å². The first-order valence-corrected chi connectivity index (χ1v) is 5.71. The normalized spacial score (nSPS) is 10.4. The van der Waals surface area contributed by atoms with E-state index >= 15 is 0 Å². The van der Waals surface area contributed by atoms with E-state index in [0.717, 1.165) is 0 Å². The minimum atomic E-state index is -0.389. The number of nitrogens with zero attached hydrogens (tertiary/aromatic N) is 1. The van der Waals surface area contributed by atoms with Gasteiger partial charge >= 0.3 is 0 Å². The Balaban J connectivity index is 2.37. The Hall–Kier alpha value is -1.81. The highest BCUT2D eigenvalue weighted by Crippen LogP contribution is 2.24. The largest absolute Gasteiger partial charge is 0.494 e. The standard InChI is InChI=1S/C13H12ClFN2O/c1-18-11-4-2-3-8(12(11)15)5-9-6-10(14)7-17-13(9)16/h2-4,6-7H,5H2,1H3,(H2,16,17). The fourth-order valence-corrected chi connectivity index (χ4v) is 1.87. The lowest BCUT2D eigenvalue weighted by Crippen LogP contribution is -2.01. The van der Waals surface area contributed by atoms with Crippen molar-refractivity contribution in [3.05, 3.63) is 52.4 Å². The van der Waals surface area contributed by atoms with Crippen molar-refractivity contribution in [2.24, 2.45) is 0 Å². The van der Waals surface area contributed by atoms with Gasteiger partial charge in [-0.05, 0) is 17.7 Å². The van der Waals surface area contributed by atoms with Crippen LogP contribution in [0.4, 0.5) is 10.2 Å². The summed E-state index contributed by atoms with van der Waals surface area (Å²) in [5.74, 6) is 0.169. The topological polar surface area (TPSA) is 48.1 Å². The van der Waals surface area contributed by atoms with E-state index in [-0.39, 0.29) is 11.6 Å². The molecular weight excluding hydrogens is 255 g/mol. The van der Waals surface area contributed by atoms with Crippen LogP contribution in [0.2, 0.25) is 5.02 Å². The zero-order valence-corrected chi connectivity index (χ0v) is 10.5. The van der Waals surface area contributed by atoms with Gasteiger partial charge in [0, 0.05) is 18.2 Å². The van der Waals surface area contributed by atoms with Crippen molar-refractivity contribution in [2.45, 2.75) is 6.42 Å². The van der Waals surface area contributed by atoms with E-state index in [2.05, 4.69) is 4.98 Å². The predicted octanol–water partition coefficient (Wildman–Crippen LogP) is 3.06. The second kappa shape index (κ2) is 5.23. The van der Waals surface area contributed by atoms with Crippen LogP contribution in [-0.2, 0) is 6.42 Å². The van der Waals surface area contributed by atoms with Gasteiger partial charge in [-0.1, -0.05) is 23.7 Å². The molecule has 0 spiro atoms. The van der Waals surface area contributed by atoms with Crippen molar-refractivity contribution in [2.75, 3.05) is 12.8 Å². The summed E-state index contributed by atoms with van der Waals surface area (Å²) in [5, 5.41) is 0.475. The third kappa shape index (κ3) is 2.54. The van der Waals surface area contributed by atoms with E-state index in [1.54, 1.807) is 24.3 Å². The van der Waals surface area contributed by atoms with Crippen LogP contribution in [-0.4, -0.2) is 12.1 Å². The minimum Gasteiger partial charge on any atom is -0.494 e. The molecule has 0 unspecified atom stereocenters. The maximum atomic E-state index is 14.0. The number of methoxy groups -OCH3 is 1. The van der Waals surface area contributed by atoms with Gasteiger partial charge in [-0.15, -0.1) is 0 Å². The summed E-state index contributed by atoms with van der Waals surface area (Å²) in [4.78, 5) is 3.94. The fourth-order valence-electron chi connectivity index (χ4n) is 1.69. The molecule has 1 aromatic heterocycles. The third-order valence-corrected chi connectivity index (χ3v) is 2.82. The van der Waals surface area contributed by atoms with Crippen molar-refractivity contribution in [3.63, 3.8) is 0 Å². The summed E-state index contributed by atoms with van der Waals surface area (Å²) in [6, 6.07) is 6.66. The molecule has 0 atom stereocenters. The Labute approximate surface area is 109 Å². The number of hydrogen-bond acceptors (Lipinski definition) is 3. The molecule has 0 amide bonds. The van der Waals surface area contributed by atoms with E-state index < -0.39 is 0 Å². The summed E-state index contributed by atoms with van der Waals surface area (Å²) in [5.41, 5.74) is 6.91. The van der Waals surface area contributed by atoms with Crippen molar-refractivity contribution in [3.8, 4) is 5.75 Å². The lowest BCUT2D eigenvalue weighted by molar-refractivity contribution is 0.384. The van der Waals surface area contributed by atoms with E-state index in [4.69, 9.17) is 22.1 Å². The van der Waals surface area contributed by atoms with E-state index in [1.165, 1.54) is 13.3 Å². The molecule has 0 bridgehead atoms. The molecule has 3 nitrogen and oxygen atoms in total. The quantitative estimate of drug-likeness (QED) is 0.929. The Morgan fingerprint density at radius 3 is 2.89 bits per heavy atom. The number of halogens is 2. The first-order valence-electron chi connectivity index (χ1n) is 5.33. The van der Waals surface area contributed by atoms with Crippen LogP contribution in [0.15, 0.2) is 30.5 Å². The number of aromatic nitrogens is 1. The van der Waals surface area contributed by atoms with Crippen LogP contribution in [0, 0.1) is 5.82 Å². The van der Waals surface area contributed by atoms with Crippen LogP contribution in [0.5, 0.6) is 5.75 Å². The average molecular weight is 267 g/mol. The third-order valence-electron chi connectivity index (χ3n) is 2.61. The molecule has 0 fully saturated rings. The van der Waals surface area contributed by atoms with E-state index in [9.17, 15) is 4.39 Å². The number of pyridine rings is 1. The van der Waals surface area contributed by atoms with Gasteiger partial charge in [0.2, 0.25) is 0 Å². The molecule has 0 saturated carbocycles. The minimum absolute atomic E-state index is 0.209. The van der Waals surface area contributed by atoms with Gasteiger partial charge in [0.25, 0.3) is 0 Å². The summed E-state index contributed by atoms with van der Waals surface area (Å²) < 4.78 is 18.9. The van der Waals surface area contributed by atoms with Crippen LogP contribution in [0.25, 0.3) is 0 Å². The number of hydrogen-bond donors (Lipinski definition) is 1. The van der Waals surface area contributed by atoms with Gasteiger partial charge in [0.05, 0.1) is 12.1 Å². The van der Waals surface area contributed by atoms with Gasteiger partial charge in [-0.25, -0.2) is 9.37 Å². The Bertz CT molecular complexity index is 575. The van der Waals surface area contributed by atoms with Gasteiger partial charge in [-0.2, -0.15) is 0 Å². The second-order valence-corrected chi connectivity index (χ2v) is 4.24. The first-order chi connectivity index (χ1) is 8.61. The van der Waals surface area contributed by atoms with E-state index in [0.29, 0.717) is 28.4 Å². The van der Waals surface area contributed by atoms with Crippen molar-refractivity contribution in [1.82, 2.24) is 4.98 Å². The molecule has 0 radical (unpaired) electrons. The molecule has 0 aliphatic rings. The SMILES string of the molecule is COc1cccc(Cc2cc(Cl)cnc2N)c1F. The highest BCUT2D eigenvalue weighted by Gasteiger charge is 2.11. The molecule has 1 heterocycles. The van der Waals surface area contributed by atoms with Gasteiger partial charge in [0.1, 0.15) is 5.82 Å². The second-order valence-electron chi connectivity index (χ2n) is 3.81. The monoisotopic (exact) mass is 266 g/mol. The van der Waals surface area contributed by atoms with Crippen molar-refractivity contribution < 1.29 is 9.13 Å². The zero-order chi connectivity index (χ0) is 13.1. The Morgan fingerprint density at radius 1 is 1.39 bits per heavy atom. The lowest BCUT2D eigenvalue weighted by Gasteiger charge is -2.09. The average Bonchev–Trinajstić information content (AvgIpc) is 2.36. The Kier molecular flexibility index (Phi) is 3.67. The maximum Gasteiger partial charge on any atom is 0.168 e. The van der Waals surface area contributed by atoms with E-state index in [1.807, 2.05) is 0 Å². The van der Waals surface area contributed by atoms with Gasteiger partial charge < -0.3 is 10.5 Å². The zero-order valence-electron chi connectivity index (χ0n) is 9.78. The lowest BCUT2D eigenvalue weighted by atomic mass is 10.0. The number of anilines is 1. The fraction of sp³-hybridized carbons (Fsp3) is 0.154. The number of benzene rings is 1. The summed E-state index contributed by atoms with van der Waals surface area (Å²) >= 11 is 5.84. The van der Waals surface area contributed by atoms with Crippen LogP contribution < -0.4 is 10.5 Å². The van der Waals surface area contributed by atoms with Crippen LogP contribution in [0.3, 0.4) is 0 Å². The molecule has 2 rings (SSSR count). The molecule has 0 aliphatic heterocycles. The molecule has 2 N–H and O–H groups in total. The first kappa shape index (κ1) is 12.6. The van der Waals surface area contributed by atoms with Crippen LogP contribution in [0.1, 0.15) is 11.1 Å². The number of rotatable bonds is 3. The van der Waals surface area contributed by atoms with Gasteiger partial charge in [-0.3, -0.25) is 0 Å². The number of nitrogens with two attached hydrogens (primary N) is 1.